The molecule has 1 amide bonds. The number of aryl methyl sites for hydroxylation is 2. The highest BCUT2D eigenvalue weighted by atomic mass is 16.7. The smallest absolute Gasteiger partial charge is 0.231 e. The molecular formula is C24H21N5O4. The van der Waals surface area contributed by atoms with Gasteiger partial charge in [0.25, 0.3) is 0 Å². The molecule has 1 aliphatic heterocycles. The third-order valence-electron chi connectivity index (χ3n) is 5.02. The lowest BCUT2D eigenvalue weighted by molar-refractivity contribution is -0.115. The van der Waals surface area contributed by atoms with E-state index in [1.165, 1.54) is 6.33 Å². The minimum atomic E-state index is -0.132. The molecule has 5 rings (SSSR count). The normalized spacial score (nSPS) is 11.9. The molecule has 0 saturated heterocycles. The lowest BCUT2D eigenvalue weighted by Gasteiger charge is -2.09. The van der Waals surface area contributed by atoms with Gasteiger partial charge in [0.1, 0.15) is 12.1 Å². The first-order valence-corrected chi connectivity index (χ1v) is 10.4. The van der Waals surface area contributed by atoms with Crippen molar-refractivity contribution in [2.24, 2.45) is 0 Å². The van der Waals surface area contributed by atoms with E-state index in [-0.39, 0.29) is 19.1 Å². The van der Waals surface area contributed by atoms with Crippen LogP contribution in [0.3, 0.4) is 0 Å². The van der Waals surface area contributed by atoms with Crippen molar-refractivity contribution >= 4 is 11.6 Å². The van der Waals surface area contributed by atoms with E-state index in [9.17, 15) is 4.79 Å². The molecule has 1 N–H and O–H groups in total. The summed E-state index contributed by atoms with van der Waals surface area (Å²) in [4.78, 5) is 20.9. The Labute approximate surface area is 190 Å². The van der Waals surface area contributed by atoms with Crippen molar-refractivity contribution in [1.29, 1.82) is 0 Å². The molecule has 1 aliphatic rings. The van der Waals surface area contributed by atoms with Gasteiger partial charge in [-0.15, -0.1) is 0 Å². The maximum absolute atomic E-state index is 12.4. The molecule has 0 unspecified atom stereocenters. The van der Waals surface area contributed by atoms with E-state index in [1.54, 1.807) is 35.0 Å². The zero-order chi connectivity index (χ0) is 22.8. The van der Waals surface area contributed by atoms with Gasteiger partial charge in [-0.2, -0.15) is 5.10 Å². The maximum Gasteiger partial charge on any atom is 0.231 e. The van der Waals surface area contributed by atoms with Gasteiger partial charge >= 0.3 is 0 Å². The lowest BCUT2D eigenvalue weighted by Crippen LogP contribution is -2.14. The van der Waals surface area contributed by atoms with E-state index in [0.717, 1.165) is 17.0 Å². The van der Waals surface area contributed by atoms with Crippen molar-refractivity contribution in [3.63, 3.8) is 0 Å². The Balaban J connectivity index is 1.21. The molecule has 4 aromatic rings. The van der Waals surface area contributed by atoms with Crippen LogP contribution in [0.25, 0.3) is 5.82 Å². The summed E-state index contributed by atoms with van der Waals surface area (Å²) in [5.41, 5.74) is 3.39. The third kappa shape index (κ3) is 4.62. The van der Waals surface area contributed by atoms with E-state index in [2.05, 4.69) is 20.4 Å². The molecule has 0 spiro atoms. The molecule has 0 saturated carbocycles. The number of hydrogen-bond acceptors (Lipinski definition) is 7. The Bertz CT molecular complexity index is 1320. The summed E-state index contributed by atoms with van der Waals surface area (Å²) < 4.78 is 18.2. The highest BCUT2D eigenvalue weighted by molar-refractivity contribution is 5.92. The van der Waals surface area contributed by atoms with E-state index in [1.807, 2.05) is 38.1 Å². The van der Waals surface area contributed by atoms with Gasteiger partial charge in [-0.3, -0.25) is 4.79 Å². The zero-order valence-electron chi connectivity index (χ0n) is 18.1. The Morgan fingerprint density at radius 3 is 2.64 bits per heavy atom. The molecule has 0 atom stereocenters. The average molecular weight is 443 g/mol. The molecule has 9 heteroatoms. The molecule has 166 valence electrons. The molecule has 3 heterocycles. The van der Waals surface area contributed by atoms with Gasteiger partial charge in [0.05, 0.1) is 12.1 Å². The van der Waals surface area contributed by atoms with E-state index >= 15 is 0 Å². The zero-order valence-corrected chi connectivity index (χ0v) is 18.1. The Hall–Kier alpha value is -4.40. The molecule has 2 aromatic heterocycles. The second-order valence-electron chi connectivity index (χ2n) is 7.59. The third-order valence-corrected chi connectivity index (χ3v) is 5.02. The maximum atomic E-state index is 12.4. The number of carbonyl (C=O) groups is 1. The van der Waals surface area contributed by atoms with E-state index < -0.39 is 0 Å². The van der Waals surface area contributed by atoms with Crippen molar-refractivity contribution in [2.75, 3.05) is 12.1 Å². The Morgan fingerprint density at radius 1 is 1.03 bits per heavy atom. The van der Waals surface area contributed by atoms with Crippen LogP contribution in [0.2, 0.25) is 0 Å². The van der Waals surface area contributed by atoms with Crippen LogP contribution in [0.15, 0.2) is 60.9 Å². The van der Waals surface area contributed by atoms with Gasteiger partial charge in [0.15, 0.2) is 17.3 Å². The summed E-state index contributed by atoms with van der Waals surface area (Å²) in [5, 5.41) is 7.32. The fourth-order valence-electron chi connectivity index (χ4n) is 3.53. The van der Waals surface area contributed by atoms with E-state index in [4.69, 9.17) is 14.2 Å². The molecule has 2 aromatic carbocycles. The van der Waals surface area contributed by atoms with Crippen molar-refractivity contribution in [3.05, 3.63) is 77.9 Å². The molecule has 0 aliphatic carbocycles. The van der Waals surface area contributed by atoms with Gasteiger partial charge in [-0.05, 0) is 61.9 Å². The SMILES string of the molecule is Cc1cc(C)n(-c2cc(Oc3ccc(NC(=O)Cc4ccc5c(c4)OCO5)cc3)ncn2)n1. The number of aromatic nitrogens is 4. The average Bonchev–Trinajstić information content (AvgIpc) is 3.40. The van der Waals surface area contributed by atoms with Crippen LogP contribution in [-0.4, -0.2) is 32.4 Å². The monoisotopic (exact) mass is 443 g/mol. The molecule has 0 bridgehead atoms. The van der Waals surface area contributed by atoms with Crippen molar-refractivity contribution < 1.29 is 19.0 Å². The van der Waals surface area contributed by atoms with Crippen LogP contribution in [-0.2, 0) is 11.2 Å². The minimum absolute atomic E-state index is 0.132. The van der Waals surface area contributed by atoms with Crippen LogP contribution < -0.4 is 19.5 Å². The van der Waals surface area contributed by atoms with Crippen LogP contribution in [0.5, 0.6) is 23.1 Å². The molecule has 0 fully saturated rings. The number of hydrogen-bond donors (Lipinski definition) is 1. The summed E-state index contributed by atoms with van der Waals surface area (Å²) >= 11 is 0. The summed E-state index contributed by atoms with van der Waals surface area (Å²) in [6, 6.07) is 16.3. The van der Waals surface area contributed by atoms with Crippen molar-refractivity contribution in [1.82, 2.24) is 19.7 Å². The molecule has 0 radical (unpaired) electrons. The highest BCUT2D eigenvalue weighted by Crippen LogP contribution is 2.32. The molecule has 33 heavy (non-hydrogen) atoms. The van der Waals surface area contributed by atoms with Gasteiger partial charge in [-0.25, -0.2) is 14.6 Å². The first-order chi connectivity index (χ1) is 16.0. The summed E-state index contributed by atoms with van der Waals surface area (Å²) in [6.07, 6.45) is 1.66. The molecule has 9 nitrogen and oxygen atoms in total. The summed E-state index contributed by atoms with van der Waals surface area (Å²) in [7, 11) is 0. The number of carbonyl (C=O) groups excluding carboxylic acids is 1. The predicted octanol–water partition coefficient (Wildman–Crippen LogP) is 3.98. The van der Waals surface area contributed by atoms with Crippen LogP contribution in [0.4, 0.5) is 5.69 Å². The van der Waals surface area contributed by atoms with Gasteiger partial charge < -0.3 is 19.5 Å². The number of fused-ring (bicyclic) bond motifs is 1. The second kappa shape index (κ2) is 8.62. The number of nitrogens with zero attached hydrogens (tertiary/aromatic N) is 4. The largest absolute Gasteiger partial charge is 0.454 e. The van der Waals surface area contributed by atoms with Crippen LogP contribution >= 0.6 is 0 Å². The topological polar surface area (TPSA) is 100 Å². The number of rotatable bonds is 6. The number of anilines is 1. The lowest BCUT2D eigenvalue weighted by atomic mass is 10.1. The Morgan fingerprint density at radius 2 is 1.85 bits per heavy atom. The number of amides is 1. The number of benzene rings is 2. The van der Waals surface area contributed by atoms with Crippen LogP contribution in [0.1, 0.15) is 17.0 Å². The van der Waals surface area contributed by atoms with Gasteiger partial charge in [-0.1, -0.05) is 6.07 Å². The van der Waals surface area contributed by atoms with Crippen molar-refractivity contribution in [2.45, 2.75) is 20.3 Å². The number of ether oxygens (including phenoxy) is 3. The number of nitrogens with one attached hydrogen (secondary N) is 1. The highest BCUT2D eigenvalue weighted by Gasteiger charge is 2.14. The quantitative estimate of drug-likeness (QED) is 0.481. The summed E-state index contributed by atoms with van der Waals surface area (Å²) in [5.74, 6) is 2.83. The summed E-state index contributed by atoms with van der Waals surface area (Å²) in [6.45, 7) is 4.10. The fourth-order valence-corrected chi connectivity index (χ4v) is 3.53. The standard InChI is InChI=1S/C24H21N5O4/c1-15-9-16(2)29(28-15)22-12-24(26-13-25-22)33-19-6-4-18(5-7-19)27-23(30)11-17-3-8-20-21(10-17)32-14-31-20/h3-10,12-13H,11,14H2,1-2H3,(H,27,30). The fraction of sp³-hybridized carbons (Fsp3) is 0.167. The Kier molecular flexibility index (Phi) is 5.35. The van der Waals surface area contributed by atoms with E-state index in [0.29, 0.717) is 34.6 Å². The minimum Gasteiger partial charge on any atom is -0.454 e. The second-order valence-corrected chi connectivity index (χ2v) is 7.59. The van der Waals surface area contributed by atoms with Crippen LogP contribution in [0, 0.1) is 13.8 Å². The molecular weight excluding hydrogens is 422 g/mol. The van der Waals surface area contributed by atoms with Gasteiger partial charge in [0.2, 0.25) is 18.6 Å². The first kappa shape index (κ1) is 20.5. The van der Waals surface area contributed by atoms with Gasteiger partial charge in [0, 0.05) is 17.4 Å². The van der Waals surface area contributed by atoms with Crippen molar-refractivity contribution in [3.8, 4) is 28.9 Å². The first-order valence-electron chi connectivity index (χ1n) is 10.4. The predicted molar refractivity (Wildman–Crippen MR) is 120 cm³/mol.